The maximum absolute atomic E-state index is 12.6. The number of benzene rings is 2. The van der Waals surface area contributed by atoms with Crippen molar-refractivity contribution in [3.05, 3.63) is 64.7 Å². The van der Waals surface area contributed by atoms with E-state index in [0.717, 1.165) is 28.9 Å². The minimum absolute atomic E-state index is 0. The molecular formula is C21H27ClN2O. The second kappa shape index (κ2) is 9.02. The SMILES string of the molecule is Cc1cccc(C)c1NC(=O)c1cccc(CN2CCCCC2)c1.Cl. The van der Waals surface area contributed by atoms with Crippen LogP contribution < -0.4 is 5.32 Å². The maximum atomic E-state index is 12.6. The zero-order chi connectivity index (χ0) is 16.9. The van der Waals surface area contributed by atoms with Crippen LogP contribution in [0.5, 0.6) is 0 Å². The van der Waals surface area contributed by atoms with Crippen LogP contribution in [-0.2, 0) is 6.54 Å². The van der Waals surface area contributed by atoms with Crippen LogP contribution in [0.3, 0.4) is 0 Å². The standard InChI is InChI=1S/C21H26N2O.ClH/c1-16-8-6-9-17(2)20(16)22-21(24)19-11-7-10-18(14-19)15-23-12-4-3-5-13-23;/h6-11,14H,3-5,12-13,15H2,1-2H3,(H,22,24);1H. The number of hydrogen-bond acceptors (Lipinski definition) is 2. The molecule has 2 aromatic carbocycles. The van der Waals surface area contributed by atoms with Crippen molar-refractivity contribution in [2.75, 3.05) is 18.4 Å². The van der Waals surface area contributed by atoms with Gasteiger partial charge >= 0.3 is 0 Å². The molecule has 1 fully saturated rings. The van der Waals surface area contributed by atoms with E-state index < -0.39 is 0 Å². The molecule has 0 bridgehead atoms. The van der Waals surface area contributed by atoms with Gasteiger partial charge in [-0.2, -0.15) is 0 Å². The number of hydrogen-bond donors (Lipinski definition) is 1. The van der Waals surface area contributed by atoms with E-state index in [1.165, 1.54) is 37.9 Å². The van der Waals surface area contributed by atoms with Crippen LogP contribution in [0, 0.1) is 13.8 Å². The van der Waals surface area contributed by atoms with Crippen LogP contribution in [0.25, 0.3) is 0 Å². The molecule has 1 amide bonds. The quantitative estimate of drug-likeness (QED) is 0.837. The van der Waals surface area contributed by atoms with Gasteiger partial charge in [0.25, 0.3) is 5.91 Å². The summed E-state index contributed by atoms with van der Waals surface area (Å²) in [6.45, 7) is 7.31. The van der Waals surface area contributed by atoms with Gasteiger partial charge in [0.15, 0.2) is 0 Å². The first kappa shape index (κ1) is 19.5. The molecule has 0 aromatic heterocycles. The number of anilines is 1. The predicted octanol–water partition coefficient (Wildman–Crippen LogP) is 4.96. The van der Waals surface area contributed by atoms with E-state index in [4.69, 9.17) is 0 Å². The van der Waals surface area contributed by atoms with Crippen molar-refractivity contribution < 1.29 is 4.79 Å². The Kier molecular flexibility index (Phi) is 7.03. The van der Waals surface area contributed by atoms with Crippen LogP contribution in [0.1, 0.15) is 46.3 Å². The number of likely N-dealkylation sites (tertiary alicyclic amines) is 1. The molecule has 1 heterocycles. The highest BCUT2D eigenvalue weighted by molar-refractivity contribution is 6.05. The van der Waals surface area contributed by atoms with Crippen LogP contribution >= 0.6 is 12.4 Å². The fourth-order valence-electron chi connectivity index (χ4n) is 3.38. The highest BCUT2D eigenvalue weighted by Crippen LogP contribution is 2.21. The third-order valence-electron chi connectivity index (χ3n) is 4.76. The van der Waals surface area contributed by atoms with E-state index in [2.05, 4.69) is 16.3 Å². The van der Waals surface area contributed by atoms with Crippen molar-refractivity contribution in [2.24, 2.45) is 0 Å². The summed E-state index contributed by atoms with van der Waals surface area (Å²) in [5, 5.41) is 3.07. The van der Waals surface area contributed by atoms with E-state index >= 15 is 0 Å². The lowest BCUT2D eigenvalue weighted by molar-refractivity contribution is 0.102. The minimum Gasteiger partial charge on any atom is -0.322 e. The Morgan fingerprint density at radius 2 is 1.64 bits per heavy atom. The van der Waals surface area contributed by atoms with Gasteiger partial charge in [-0.25, -0.2) is 0 Å². The maximum Gasteiger partial charge on any atom is 0.255 e. The lowest BCUT2D eigenvalue weighted by atomic mass is 10.1. The molecule has 1 N–H and O–H groups in total. The van der Waals surface area contributed by atoms with Gasteiger partial charge < -0.3 is 5.32 Å². The van der Waals surface area contributed by atoms with Gasteiger partial charge in [-0.3, -0.25) is 9.69 Å². The Hall–Kier alpha value is -1.84. The van der Waals surface area contributed by atoms with Gasteiger partial charge in [0.05, 0.1) is 0 Å². The average Bonchev–Trinajstić information content (AvgIpc) is 2.59. The van der Waals surface area contributed by atoms with Crippen molar-refractivity contribution in [3.63, 3.8) is 0 Å². The summed E-state index contributed by atoms with van der Waals surface area (Å²) >= 11 is 0. The Labute approximate surface area is 156 Å². The van der Waals surface area contributed by atoms with Gasteiger partial charge in [0.1, 0.15) is 0 Å². The first-order valence-corrected chi connectivity index (χ1v) is 8.82. The number of carbonyl (C=O) groups excluding carboxylic acids is 1. The highest BCUT2D eigenvalue weighted by Gasteiger charge is 2.13. The molecule has 1 saturated heterocycles. The molecule has 25 heavy (non-hydrogen) atoms. The molecule has 2 aromatic rings. The van der Waals surface area contributed by atoms with E-state index in [1.54, 1.807) is 0 Å². The van der Waals surface area contributed by atoms with Gasteiger partial charge in [0, 0.05) is 17.8 Å². The van der Waals surface area contributed by atoms with Crippen LogP contribution in [0.15, 0.2) is 42.5 Å². The first-order chi connectivity index (χ1) is 11.6. The molecule has 134 valence electrons. The molecule has 3 rings (SSSR count). The number of aryl methyl sites for hydroxylation is 2. The van der Waals surface area contributed by atoms with Crippen molar-refractivity contribution in [3.8, 4) is 0 Å². The second-order valence-corrected chi connectivity index (χ2v) is 6.76. The third-order valence-corrected chi connectivity index (χ3v) is 4.76. The number of carbonyl (C=O) groups is 1. The predicted molar refractivity (Wildman–Crippen MR) is 107 cm³/mol. The second-order valence-electron chi connectivity index (χ2n) is 6.76. The molecule has 1 aliphatic rings. The summed E-state index contributed by atoms with van der Waals surface area (Å²) in [4.78, 5) is 15.1. The number of piperidine rings is 1. The summed E-state index contributed by atoms with van der Waals surface area (Å²) < 4.78 is 0. The summed E-state index contributed by atoms with van der Waals surface area (Å²) in [5.74, 6) is -0.0344. The van der Waals surface area contributed by atoms with Crippen molar-refractivity contribution in [2.45, 2.75) is 39.7 Å². The largest absolute Gasteiger partial charge is 0.322 e. The van der Waals surface area contributed by atoms with E-state index in [9.17, 15) is 4.79 Å². The summed E-state index contributed by atoms with van der Waals surface area (Å²) in [6, 6.07) is 14.1. The van der Waals surface area contributed by atoms with Crippen LogP contribution in [0.2, 0.25) is 0 Å². The Morgan fingerprint density at radius 1 is 1.00 bits per heavy atom. The highest BCUT2D eigenvalue weighted by atomic mass is 35.5. The lowest BCUT2D eigenvalue weighted by Gasteiger charge is -2.26. The zero-order valence-corrected chi connectivity index (χ0v) is 15.9. The summed E-state index contributed by atoms with van der Waals surface area (Å²) in [7, 11) is 0. The summed E-state index contributed by atoms with van der Waals surface area (Å²) in [6.07, 6.45) is 3.91. The minimum atomic E-state index is -0.0344. The Balaban J connectivity index is 0.00000225. The fourth-order valence-corrected chi connectivity index (χ4v) is 3.38. The van der Waals surface area contributed by atoms with Gasteiger partial charge in [-0.05, 0) is 68.6 Å². The molecule has 4 heteroatoms. The topological polar surface area (TPSA) is 32.3 Å². The number of para-hydroxylation sites is 1. The van der Waals surface area contributed by atoms with Gasteiger partial charge in [0.2, 0.25) is 0 Å². The van der Waals surface area contributed by atoms with Gasteiger partial charge in [-0.1, -0.05) is 36.8 Å². The van der Waals surface area contributed by atoms with E-state index in [0.29, 0.717) is 0 Å². The molecule has 0 spiro atoms. The van der Waals surface area contributed by atoms with Gasteiger partial charge in [-0.15, -0.1) is 12.4 Å². The molecule has 0 saturated carbocycles. The van der Waals surface area contributed by atoms with Crippen LogP contribution in [-0.4, -0.2) is 23.9 Å². The Bertz CT molecular complexity index is 703. The number of amides is 1. The number of rotatable bonds is 4. The molecule has 0 atom stereocenters. The number of halogens is 1. The molecular weight excluding hydrogens is 332 g/mol. The Morgan fingerprint density at radius 3 is 2.32 bits per heavy atom. The molecule has 0 unspecified atom stereocenters. The van der Waals surface area contributed by atoms with Crippen molar-refractivity contribution >= 4 is 24.0 Å². The van der Waals surface area contributed by atoms with Crippen LogP contribution in [0.4, 0.5) is 5.69 Å². The third kappa shape index (κ3) is 5.07. The normalized spacial score (nSPS) is 14.6. The summed E-state index contributed by atoms with van der Waals surface area (Å²) in [5.41, 5.74) is 5.04. The first-order valence-electron chi connectivity index (χ1n) is 8.82. The smallest absolute Gasteiger partial charge is 0.255 e. The van der Waals surface area contributed by atoms with E-state index in [-0.39, 0.29) is 18.3 Å². The van der Waals surface area contributed by atoms with E-state index in [1.807, 2.05) is 50.2 Å². The average molecular weight is 359 g/mol. The number of nitrogens with one attached hydrogen (secondary N) is 1. The molecule has 3 nitrogen and oxygen atoms in total. The lowest BCUT2D eigenvalue weighted by Crippen LogP contribution is -2.29. The molecule has 1 aliphatic heterocycles. The number of nitrogens with zero attached hydrogens (tertiary/aromatic N) is 1. The fraction of sp³-hybridized carbons (Fsp3) is 0.381. The monoisotopic (exact) mass is 358 g/mol. The molecule has 0 aliphatic carbocycles. The molecule has 0 radical (unpaired) electrons. The zero-order valence-electron chi connectivity index (χ0n) is 15.0. The van der Waals surface area contributed by atoms with Crippen molar-refractivity contribution in [1.82, 2.24) is 4.90 Å². The van der Waals surface area contributed by atoms with Crippen molar-refractivity contribution in [1.29, 1.82) is 0 Å².